The molecule has 0 amide bonds. The van der Waals surface area contributed by atoms with Gasteiger partial charge in [0, 0.05) is 18.3 Å². The fraction of sp³-hybridized carbons (Fsp3) is 0.545. The van der Waals surface area contributed by atoms with Gasteiger partial charge in [0.2, 0.25) is 0 Å². The van der Waals surface area contributed by atoms with E-state index in [0.717, 1.165) is 18.7 Å². The predicted molar refractivity (Wildman–Crippen MR) is 53.9 cm³/mol. The smallest absolute Gasteiger partial charge is 0.393 e. The Labute approximate surface area is 92.1 Å². The molecule has 0 radical (unpaired) electrons. The zero-order valence-corrected chi connectivity index (χ0v) is 8.96. The van der Waals surface area contributed by atoms with Gasteiger partial charge in [-0.3, -0.25) is 4.98 Å². The van der Waals surface area contributed by atoms with Crippen LogP contribution in [0.1, 0.15) is 31.0 Å². The topological polar surface area (TPSA) is 33.1 Å². The second-order valence-corrected chi connectivity index (χ2v) is 3.68. The third-order valence-corrected chi connectivity index (χ3v) is 2.22. The van der Waals surface area contributed by atoms with Gasteiger partial charge in [0.1, 0.15) is 0 Å². The lowest BCUT2D eigenvalue weighted by molar-refractivity contribution is -0.137. The van der Waals surface area contributed by atoms with E-state index < -0.39 is 17.8 Å². The first-order chi connectivity index (χ1) is 7.43. The second kappa shape index (κ2) is 5.30. The van der Waals surface area contributed by atoms with Gasteiger partial charge in [-0.25, -0.2) is 0 Å². The van der Waals surface area contributed by atoms with E-state index in [9.17, 15) is 18.3 Å². The maximum atomic E-state index is 12.2. The first-order valence-electron chi connectivity index (χ1n) is 5.13. The van der Waals surface area contributed by atoms with Crippen LogP contribution < -0.4 is 0 Å². The Balaban J connectivity index is 2.65. The molecule has 0 saturated carbocycles. The van der Waals surface area contributed by atoms with Crippen LogP contribution in [0.2, 0.25) is 0 Å². The van der Waals surface area contributed by atoms with E-state index in [1.54, 1.807) is 0 Å². The van der Waals surface area contributed by atoms with Gasteiger partial charge < -0.3 is 5.11 Å². The maximum Gasteiger partial charge on any atom is 0.417 e. The first-order valence-corrected chi connectivity index (χ1v) is 5.13. The molecular weight excluding hydrogens is 219 g/mol. The lowest BCUT2D eigenvalue weighted by Crippen LogP contribution is -2.12. The number of pyridine rings is 1. The molecule has 0 fully saturated rings. The molecule has 1 atom stereocenters. The number of hydrogen-bond acceptors (Lipinski definition) is 2. The van der Waals surface area contributed by atoms with Gasteiger partial charge in [-0.05, 0) is 18.6 Å². The Morgan fingerprint density at radius 1 is 1.38 bits per heavy atom. The normalized spacial score (nSPS) is 13.8. The van der Waals surface area contributed by atoms with E-state index >= 15 is 0 Å². The molecule has 0 spiro atoms. The molecule has 2 nitrogen and oxygen atoms in total. The molecule has 1 aromatic rings. The summed E-state index contributed by atoms with van der Waals surface area (Å²) in [6.07, 6.45) is -2.33. The van der Waals surface area contributed by atoms with Crippen molar-refractivity contribution in [3.05, 3.63) is 29.6 Å². The van der Waals surface area contributed by atoms with Gasteiger partial charge in [0.25, 0.3) is 0 Å². The summed E-state index contributed by atoms with van der Waals surface area (Å²) < 4.78 is 36.6. The molecule has 0 aliphatic carbocycles. The average molecular weight is 233 g/mol. The lowest BCUT2D eigenvalue weighted by Gasteiger charge is -2.10. The highest BCUT2D eigenvalue weighted by atomic mass is 19.4. The number of halogens is 3. The number of hydrogen-bond donors (Lipinski definition) is 1. The second-order valence-electron chi connectivity index (χ2n) is 3.68. The summed E-state index contributed by atoms with van der Waals surface area (Å²) in [7, 11) is 0. The van der Waals surface area contributed by atoms with E-state index in [0.29, 0.717) is 18.5 Å². The average Bonchev–Trinajstić information content (AvgIpc) is 2.17. The van der Waals surface area contributed by atoms with Crippen LogP contribution in [0.25, 0.3) is 0 Å². The van der Waals surface area contributed by atoms with E-state index in [4.69, 9.17) is 0 Å². The molecule has 1 heterocycles. The van der Waals surface area contributed by atoms with Crippen LogP contribution in [0.4, 0.5) is 13.2 Å². The number of aliphatic hydroxyl groups is 1. The standard InChI is InChI=1S/C11H14F3NO/c1-2-3-10(16)6-9-5-4-8(7-15-9)11(12,13)14/h4-5,7,10,16H,2-3,6H2,1H3. The fourth-order valence-electron chi connectivity index (χ4n) is 1.39. The summed E-state index contributed by atoms with van der Waals surface area (Å²) in [5.74, 6) is 0. The monoisotopic (exact) mass is 233 g/mol. The van der Waals surface area contributed by atoms with E-state index in [2.05, 4.69) is 4.98 Å². The largest absolute Gasteiger partial charge is 0.417 e. The number of nitrogens with zero attached hydrogens (tertiary/aromatic N) is 1. The number of aliphatic hydroxyl groups excluding tert-OH is 1. The highest BCUT2D eigenvalue weighted by Gasteiger charge is 2.30. The maximum absolute atomic E-state index is 12.2. The number of aromatic nitrogens is 1. The molecule has 0 aliphatic rings. The number of rotatable bonds is 4. The SMILES string of the molecule is CCCC(O)Cc1ccc(C(F)(F)F)cn1. The van der Waals surface area contributed by atoms with Crippen molar-refractivity contribution >= 4 is 0 Å². The molecule has 0 aliphatic heterocycles. The van der Waals surface area contributed by atoms with Crippen molar-refractivity contribution in [3.8, 4) is 0 Å². The molecular formula is C11H14F3NO. The van der Waals surface area contributed by atoms with Crippen molar-refractivity contribution in [1.82, 2.24) is 4.98 Å². The Morgan fingerprint density at radius 3 is 2.50 bits per heavy atom. The highest BCUT2D eigenvalue weighted by molar-refractivity contribution is 5.17. The zero-order chi connectivity index (χ0) is 12.2. The molecule has 0 aromatic carbocycles. The Hall–Kier alpha value is -1.10. The summed E-state index contributed by atoms with van der Waals surface area (Å²) in [5.41, 5.74) is -0.282. The fourth-order valence-corrected chi connectivity index (χ4v) is 1.39. The van der Waals surface area contributed by atoms with Crippen molar-refractivity contribution in [3.63, 3.8) is 0 Å². The summed E-state index contributed by atoms with van der Waals surface area (Å²) in [6, 6.07) is 2.29. The molecule has 0 saturated heterocycles. The Kier molecular flexibility index (Phi) is 4.29. The molecule has 1 unspecified atom stereocenters. The zero-order valence-electron chi connectivity index (χ0n) is 8.96. The van der Waals surface area contributed by atoms with Crippen molar-refractivity contribution in [2.45, 2.75) is 38.5 Å². The summed E-state index contributed by atoms with van der Waals surface area (Å²) in [5, 5.41) is 9.47. The van der Waals surface area contributed by atoms with Gasteiger partial charge in [-0.15, -0.1) is 0 Å². The van der Waals surface area contributed by atoms with Crippen LogP contribution in [-0.2, 0) is 12.6 Å². The minimum atomic E-state index is -4.35. The van der Waals surface area contributed by atoms with Crippen LogP contribution in [0, 0.1) is 0 Å². The molecule has 1 aromatic heterocycles. The van der Waals surface area contributed by atoms with Gasteiger partial charge in [0.15, 0.2) is 0 Å². The van der Waals surface area contributed by atoms with Crippen LogP contribution in [0.3, 0.4) is 0 Å². The Bertz CT molecular complexity index is 321. The van der Waals surface area contributed by atoms with Crippen molar-refractivity contribution in [2.24, 2.45) is 0 Å². The van der Waals surface area contributed by atoms with Crippen LogP contribution in [-0.4, -0.2) is 16.2 Å². The molecule has 0 bridgehead atoms. The highest BCUT2D eigenvalue weighted by Crippen LogP contribution is 2.28. The van der Waals surface area contributed by atoms with Crippen molar-refractivity contribution < 1.29 is 18.3 Å². The van der Waals surface area contributed by atoms with Crippen molar-refractivity contribution in [2.75, 3.05) is 0 Å². The molecule has 1 N–H and O–H groups in total. The van der Waals surface area contributed by atoms with Gasteiger partial charge in [-0.2, -0.15) is 13.2 Å². The molecule has 1 rings (SSSR count). The third-order valence-electron chi connectivity index (χ3n) is 2.22. The quantitative estimate of drug-likeness (QED) is 0.867. The third kappa shape index (κ3) is 3.81. The van der Waals surface area contributed by atoms with E-state index in [1.807, 2.05) is 6.92 Å². The summed E-state index contributed by atoms with van der Waals surface area (Å²) in [6.45, 7) is 1.93. The summed E-state index contributed by atoms with van der Waals surface area (Å²) >= 11 is 0. The number of alkyl halides is 3. The van der Waals surface area contributed by atoms with Crippen LogP contribution in [0.5, 0.6) is 0 Å². The molecule has 5 heteroatoms. The summed E-state index contributed by atoms with van der Waals surface area (Å²) in [4.78, 5) is 3.69. The minimum Gasteiger partial charge on any atom is -0.393 e. The lowest BCUT2D eigenvalue weighted by atomic mass is 10.1. The van der Waals surface area contributed by atoms with Gasteiger partial charge >= 0.3 is 6.18 Å². The molecule has 90 valence electrons. The van der Waals surface area contributed by atoms with Gasteiger partial charge in [-0.1, -0.05) is 13.3 Å². The Morgan fingerprint density at radius 2 is 2.06 bits per heavy atom. The van der Waals surface area contributed by atoms with Crippen molar-refractivity contribution in [1.29, 1.82) is 0 Å². The molecule has 16 heavy (non-hydrogen) atoms. The van der Waals surface area contributed by atoms with Crippen LogP contribution in [0.15, 0.2) is 18.3 Å². The minimum absolute atomic E-state index is 0.298. The van der Waals surface area contributed by atoms with E-state index in [-0.39, 0.29) is 0 Å². The van der Waals surface area contributed by atoms with Gasteiger partial charge in [0.05, 0.1) is 11.7 Å². The van der Waals surface area contributed by atoms with Crippen LogP contribution >= 0.6 is 0 Å². The van der Waals surface area contributed by atoms with E-state index in [1.165, 1.54) is 6.07 Å². The first kappa shape index (κ1) is 13.0. The predicted octanol–water partition coefficient (Wildman–Crippen LogP) is 2.80.